The van der Waals surface area contributed by atoms with Crippen molar-refractivity contribution in [3.8, 4) is 0 Å². The summed E-state index contributed by atoms with van der Waals surface area (Å²) in [6, 6.07) is 8.25. The number of carbonyl (C=O) groups is 1. The van der Waals surface area contributed by atoms with Gasteiger partial charge in [0.1, 0.15) is 0 Å². The van der Waals surface area contributed by atoms with Crippen molar-refractivity contribution in [2.45, 2.75) is 26.3 Å². The van der Waals surface area contributed by atoms with E-state index in [0.717, 1.165) is 39.1 Å². The highest BCUT2D eigenvalue weighted by Crippen LogP contribution is 2.17. The van der Waals surface area contributed by atoms with Gasteiger partial charge >= 0.3 is 6.03 Å². The predicted molar refractivity (Wildman–Crippen MR) is 97.5 cm³/mol. The first-order valence-corrected chi connectivity index (χ1v) is 8.77. The molecule has 0 aromatic heterocycles. The van der Waals surface area contributed by atoms with E-state index in [1.54, 1.807) is 6.92 Å². The van der Waals surface area contributed by atoms with Gasteiger partial charge in [0.2, 0.25) is 0 Å². The number of aliphatic hydroxyl groups is 1. The van der Waals surface area contributed by atoms with E-state index >= 15 is 0 Å². The van der Waals surface area contributed by atoms with Crippen LogP contribution in [-0.4, -0.2) is 68.0 Å². The number of nitrogens with zero attached hydrogens (tertiary/aromatic N) is 2. The van der Waals surface area contributed by atoms with Crippen molar-refractivity contribution in [2.75, 3.05) is 50.8 Å². The Bertz CT molecular complexity index is 515. The summed E-state index contributed by atoms with van der Waals surface area (Å²) in [5, 5.41) is 14.4. The number of hydrogen-bond donors (Lipinski definition) is 3. The van der Waals surface area contributed by atoms with E-state index in [0.29, 0.717) is 6.54 Å². The third-order valence-electron chi connectivity index (χ3n) is 4.33. The molecule has 1 unspecified atom stereocenters. The van der Waals surface area contributed by atoms with Crippen molar-refractivity contribution < 1.29 is 9.90 Å². The second-order valence-electron chi connectivity index (χ2n) is 6.51. The molecular weight excluding hydrogens is 304 g/mol. The minimum absolute atomic E-state index is 0.0430. The van der Waals surface area contributed by atoms with Crippen LogP contribution in [0.15, 0.2) is 24.3 Å². The summed E-state index contributed by atoms with van der Waals surface area (Å²) in [5.74, 6) is 0. The number of aliphatic hydroxyl groups excluding tert-OH is 1. The monoisotopic (exact) mass is 334 g/mol. The van der Waals surface area contributed by atoms with Gasteiger partial charge in [-0.25, -0.2) is 4.79 Å². The van der Waals surface area contributed by atoms with Crippen LogP contribution in [0.4, 0.5) is 10.5 Å². The van der Waals surface area contributed by atoms with Crippen molar-refractivity contribution in [1.29, 1.82) is 0 Å². The molecular formula is C18H30N4O2. The summed E-state index contributed by atoms with van der Waals surface area (Å²) in [5.41, 5.74) is 2.61. The first kappa shape index (κ1) is 18.5. The maximum atomic E-state index is 11.5. The summed E-state index contributed by atoms with van der Waals surface area (Å²) >= 11 is 0. The largest absolute Gasteiger partial charge is 0.394 e. The number of piperazine rings is 1. The number of carbonyl (C=O) groups excluding carboxylic acids is 1. The summed E-state index contributed by atoms with van der Waals surface area (Å²) in [7, 11) is 0. The molecule has 134 valence electrons. The first-order valence-electron chi connectivity index (χ1n) is 8.77. The molecule has 6 nitrogen and oxygen atoms in total. The van der Waals surface area contributed by atoms with E-state index in [1.807, 2.05) is 0 Å². The zero-order valence-corrected chi connectivity index (χ0v) is 14.8. The van der Waals surface area contributed by atoms with Crippen LogP contribution >= 0.6 is 0 Å². The molecule has 0 aliphatic carbocycles. The molecule has 0 bridgehead atoms. The Hall–Kier alpha value is -1.79. The zero-order valence-electron chi connectivity index (χ0n) is 14.8. The average Bonchev–Trinajstić information content (AvgIpc) is 2.59. The van der Waals surface area contributed by atoms with Crippen LogP contribution in [0.5, 0.6) is 0 Å². The smallest absolute Gasteiger partial charge is 0.315 e. The van der Waals surface area contributed by atoms with Crippen molar-refractivity contribution in [1.82, 2.24) is 15.5 Å². The highest BCUT2D eigenvalue weighted by Gasteiger charge is 2.16. The molecule has 24 heavy (non-hydrogen) atoms. The summed E-state index contributed by atoms with van der Waals surface area (Å²) < 4.78 is 0. The Labute approximate surface area is 144 Å². The number of anilines is 1. The molecule has 1 heterocycles. The van der Waals surface area contributed by atoms with E-state index in [9.17, 15) is 4.79 Å². The number of rotatable bonds is 7. The maximum Gasteiger partial charge on any atom is 0.315 e. The molecule has 2 rings (SSSR count). The van der Waals surface area contributed by atoms with E-state index < -0.39 is 0 Å². The molecule has 1 aliphatic heterocycles. The fourth-order valence-corrected chi connectivity index (χ4v) is 2.88. The van der Waals surface area contributed by atoms with E-state index in [1.165, 1.54) is 11.3 Å². The molecule has 3 N–H and O–H groups in total. The van der Waals surface area contributed by atoms with Crippen LogP contribution in [0.1, 0.15) is 18.9 Å². The lowest BCUT2D eigenvalue weighted by Gasteiger charge is -2.36. The average molecular weight is 334 g/mol. The second-order valence-corrected chi connectivity index (χ2v) is 6.51. The molecule has 1 aliphatic rings. The lowest BCUT2D eigenvalue weighted by atomic mass is 10.2. The summed E-state index contributed by atoms with van der Waals surface area (Å²) in [6.07, 6.45) is 0.936. The lowest BCUT2D eigenvalue weighted by molar-refractivity contribution is 0.218. The molecule has 1 fully saturated rings. The lowest BCUT2D eigenvalue weighted by Crippen LogP contribution is -2.47. The van der Waals surface area contributed by atoms with Gasteiger partial charge in [-0.3, -0.25) is 4.90 Å². The number of nitrogens with one attached hydrogen (secondary N) is 2. The summed E-state index contributed by atoms with van der Waals surface area (Å²) in [6.45, 7) is 9.72. The number of hydrogen-bond acceptors (Lipinski definition) is 4. The highest BCUT2D eigenvalue weighted by atomic mass is 16.3. The van der Waals surface area contributed by atoms with Gasteiger partial charge in [0.25, 0.3) is 0 Å². The predicted octanol–water partition coefficient (Wildman–Crippen LogP) is 1.19. The molecule has 1 atom stereocenters. The van der Waals surface area contributed by atoms with Gasteiger partial charge in [0.05, 0.1) is 12.6 Å². The third kappa shape index (κ3) is 6.02. The molecule has 0 spiro atoms. The molecule has 0 saturated carbocycles. The minimum Gasteiger partial charge on any atom is -0.394 e. The highest BCUT2D eigenvalue weighted by molar-refractivity contribution is 5.74. The standard InChI is InChI=1S/C18H30N4O2/c1-15-5-3-6-17(13-15)22-11-9-21(10-12-22)8-4-7-19-18(24)20-16(2)14-23/h3,5-6,13,16,23H,4,7-12,14H2,1-2H3,(H2,19,20,24). The topological polar surface area (TPSA) is 67.8 Å². The second kappa shape index (κ2) is 9.49. The Kier molecular flexibility index (Phi) is 7.34. The van der Waals surface area contributed by atoms with Crippen molar-refractivity contribution in [3.63, 3.8) is 0 Å². The van der Waals surface area contributed by atoms with Crippen LogP contribution in [0.2, 0.25) is 0 Å². The van der Waals surface area contributed by atoms with Gasteiger partial charge in [-0.2, -0.15) is 0 Å². The zero-order chi connectivity index (χ0) is 17.4. The molecule has 0 radical (unpaired) electrons. The number of amides is 2. The number of benzene rings is 1. The Morgan fingerprint density at radius 3 is 2.71 bits per heavy atom. The summed E-state index contributed by atoms with van der Waals surface area (Å²) in [4.78, 5) is 16.4. The molecule has 1 aromatic carbocycles. The SMILES string of the molecule is Cc1cccc(N2CCN(CCCNC(=O)NC(C)CO)CC2)c1. The maximum absolute atomic E-state index is 11.5. The molecule has 2 amide bonds. The van der Waals surface area contributed by atoms with Crippen LogP contribution in [0.3, 0.4) is 0 Å². The quantitative estimate of drug-likeness (QED) is 0.655. The van der Waals surface area contributed by atoms with Crippen LogP contribution in [-0.2, 0) is 0 Å². The fraction of sp³-hybridized carbons (Fsp3) is 0.611. The molecule has 1 saturated heterocycles. The van der Waals surface area contributed by atoms with Gasteiger partial charge in [-0.15, -0.1) is 0 Å². The number of aryl methyl sites for hydroxylation is 1. The van der Waals surface area contributed by atoms with Crippen LogP contribution < -0.4 is 15.5 Å². The van der Waals surface area contributed by atoms with E-state index in [4.69, 9.17) is 5.11 Å². The minimum atomic E-state index is -0.209. The van der Waals surface area contributed by atoms with Gasteiger partial charge < -0.3 is 20.6 Å². The van der Waals surface area contributed by atoms with E-state index in [-0.39, 0.29) is 18.7 Å². The van der Waals surface area contributed by atoms with Crippen molar-refractivity contribution >= 4 is 11.7 Å². The Morgan fingerprint density at radius 2 is 2.04 bits per heavy atom. The van der Waals surface area contributed by atoms with Crippen LogP contribution in [0.25, 0.3) is 0 Å². The molecule has 1 aromatic rings. The van der Waals surface area contributed by atoms with Crippen LogP contribution in [0, 0.1) is 6.92 Å². The Balaban J connectivity index is 1.61. The fourth-order valence-electron chi connectivity index (χ4n) is 2.88. The van der Waals surface area contributed by atoms with Gasteiger partial charge in [0, 0.05) is 38.4 Å². The first-order chi connectivity index (χ1) is 11.6. The molecule has 6 heteroatoms. The third-order valence-corrected chi connectivity index (χ3v) is 4.33. The van der Waals surface area contributed by atoms with Gasteiger partial charge in [0.15, 0.2) is 0 Å². The Morgan fingerprint density at radius 1 is 1.29 bits per heavy atom. The number of urea groups is 1. The normalized spacial score (nSPS) is 16.7. The van der Waals surface area contributed by atoms with Crippen molar-refractivity contribution in [3.05, 3.63) is 29.8 Å². The van der Waals surface area contributed by atoms with Gasteiger partial charge in [-0.1, -0.05) is 12.1 Å². The van der Waals surface area contributed by atoms with E-state index in [2.05, 4.69) is 51.6 Å². The van der Waals surface area contributed by atoms with Crippen molar-refractivity contribution in [2.24, 2.45) is 0 Å². The van der Waals surface area contributed by atoms with Gasteiger partial charge in [-0.05, 0) is 44.5 Å².